The van der Waals surface area contributed by atoms with Crippen molar-refractivity contribution < 1.29 is 14.3 Å². The molecule has 0 saturated carbocycles. The maximum absolute atomic E-state index is 12.5. The van der Waals surface area contributed by atoms with Crippen molar-refractivity contribution in [2.45, 2.75) is 6.42 Å². The zero-order valence-corrected chi connectivity index (χ0v) is 18.7. The molecule has 2 aliphatic rings. The fraction of sp³-hybridized carbons (Fsp3) is 0.280. The maximum atomic E-state index is 12.5. The van der Waals surface area contributed by atoms with Gasteiger partial charge in [-0.05, 0) is 30.3 Å². The Labute approximate surface area is 197 Å². The first-order chi connectivity index (χ1) is 16.7. The van der Waals surface area contributed by atoms with Gasteiger partial charge in [0, 0.05) is 54.8 Å². The third-order valence-corrected chi connectivity index (χ3v) is 5.89. The Hall–Kier alpha value is -3.82. The summed E-state index contributed by atoms with van der Waals surface area (Å²) in [4.78, 5) is 36.0. The van der Waals surface area contributed by atoms with E-state index < -0.39 is 0 Å². The number of hydrogen-bond acceptors (Lipinski definition) is 7. The average Bonchev–Trinajstić information content (AvgIpc) is 3.00. The Bertz CT molecular complexity index is 1190. The second-order valence-electron chi connectivity index (χ2n) is 8.25. The molecule has 2 amide bonds. The first kappa shape index (κ1) is 22.0. The second kappa shape index (κ2) is 9.98. The highest BCUT2D eigenvalue weighted by Crippen LogP contribution is 2.32. The minimum atomic E-state index is -0.102. The van der Waals surface area contributed by atoms with Crippen LogP contribution in [0.15, 0.2) is 54.7 Å². The van der Waals surface area contributed by atoms with Crippen LogP contribution in [-0.4, -0.2) is 66.1 Å². The van der Waals surface area contributed by atoms with Crippen LogP contribution in [0, 0.1) is 0 Å². The second-order valence-corrected chi connectivity index (χ2v) is 8.25. The van der Waals surface area contributed by atoms with Gasteiger partial charge in [0.1, 0.15) is 0 Å². The van der Waals surface area contributed by atoms with Gasteiger partial charge < -0.3 is 20.7 Å². The Morgan fingerprint density at radius 2 is 1.88 bits per heavy atom. The molecule has 2 aliphatic heterocycles. The van der Waals surface area contributed by atoms with Crippen molar-refractivity contribution in [2.75, 3.05) is 50.0 Å². The number of para-hydroxylation sites is 1. The molecule has 5 rings (SSSR count). The summed E-state index contributed by atoms with van der Waals surface area (Å²) in [6.45, 7) is 4.71. The lowest BCUT2D eigenvalue weighted by Gasteiger charge is -2.26. The fourth-order valence-electron chi connectivity index (χ4n) is 4.08. The molecular weight excluding hydrogens is 432 g/mol. The summed E-state index contributed by atoms with van der Waals surface area (Å²) in [7, 11) is 0. The largest absolute Gasteiger partial charge is 0.379 e. The van der Waals surface area contributed by atoms with Gasteiger partial charge in [-0.1, -0.05) is 18.2 Å². The summed E-state index contributed by atoms with van der Waals surface area (Å²) in [5, 5.41) is 9.07. The molecule has 3 heterocycles. The van der Waals surface area contributed by atoms with E-state index in [0.717, 1.165) is 61.0 Å². The van der Waals surface area contributed by atoms with E-state index in [9.17, 15) is 9.59 Å². The molecule has 9 nitrogen and oxygen atoms in total. The number of amides is 2. The van der Waals surface area contributed by atoms with Gasteiger partial charge >= 0.3 is 0 Å². The zero-order valence-electron chi connectivity index (χ0n) is 18.7. The number of morpholine rings is 1. The van der Waals surface area contributed by atoms with Gasteiger partial charge in [-0.15, -0.1) is 0 Å². The normalized spacial score (nSPS) is 15.5. The van der Waals surface area contributed by atoms with Crippen LogP contribution in [0.4, 0.5) is 17.3 Å². The van der Waals surface area contributed by atoms with Crippen LogP contribution in [0.25, 0.3) is 11.3 Å². The highest BCUT2D eigenvalue weighted by atomic mass is 16.5. The number of benzene rings is 2. The van der Waals surface area contributed by atoms with Crippen LogP contribution >= 0.6 is 0 Å². The van der Waals surface area contributed by atoms with Gasteiger partial charge in [-0.3, -0.25) is 14.5 Å². The van der Waals surface area contributed by atoms with Crippen LogP contribution in [0.1, 0.15) is 15.9 Å². The van der Waals surface area contributed by atoms with Crippen molar-refractivity contribution in [1.29, 1.82) is 0 Å². The van der Waals surface area contributed by atoms with Crippen LogP contribution in [0.3, 0.4) is 0 Å². The molecule has 2 aromatic carbocycles. The SMILES string of the molecule is O=C1Cc2cnc(Nc3ccc(C(=O)NCCN4CCOCC4)cc3)nc2-c2ccccc2N1. The number of nitrogens with zero attached hydrogens (tertiary/aromatic N) is 3. The Morgan fingerprint density at radius 1 is 1.09 bits per heavy atom. The van der Waals surface area contributed by atoms with Crippen molar-refractivity contribution >= 4 is 29.1 Å². The van der Waals surface area contributed by atoms with Crippen molar-refractivity contribution in [2.24, 2.45) is 0 Å². The van der Waals surface area contributed by atoms with E-state index in [-0.39, 0.29) is 18.2 Å². The minimum Gasteiger partial charge on any atom is -0.379 e. The summed E-state index contributed by atoms with van der Waals surface area (Å²) in [6.07, 6.45) is 1.91. The molecule has 3 aromatic rings. The predicted octanol–water partition coefficient (Wildman–Crippen LogP) is 2.44. The topological polar surface area (TPSA) is 108 Å². The molecule has 1 fully saturated rings. The van der Waals surface area contributed by atoms with Crippen LogP contribution in [0.5, 0.6) is 0 Å². The van der Waals surface area contributed by atoms with Gasteiger partial charge in [0.2, 0.25) is 11.9 Å². The number of carbonyl (C=O) groups excluding carboxylic acids is 2. The quantitative estimate of drug-likeness (QED) is 0.521. The van der Waals surface area contributed by atoms with Gasteiger partial charge in [-0.2, -0.15) is 0 Å². The number of nitrogens with one attached hydrogen (secondary N) is 3. The lowest BCUT2D eigenvalue weighted by atomic mass is 10.1. The molecular formula is C25H26N6O3. The molecule has 0 bridgehead atoms. The Kier molecular flexibility index (Phi) is 6.46. The molecule has 0 atom stereocenters. The third kappa shape index (κ3) is 5.05. The summed E-state index contributed by atoms with van der Waals surface area (Å²) < 4.78 is 5.34. The molecule has 0 spiro atoms. The molecule has 174 valence electrons. The van der Waals surface area contributed by atoms with Crippen LogP contribution in [-0.2, 0) is 16.0 Å². The van der Waals surface area contributed by atoms with Crippen LogP contribution < -0.4 is 16.0 Å². The lowest BCUT2D eigenvalue weighted by Crippen LogP contribution is -2.41. The van der Waals surface area contributed by atoms with Crippen molar-refractivity contribution in [3.8, 4) is 11.3 Å². The lowest BCUT2D eigenvalue weighted by molar-refractivity contribution is -0.115. The van der Waals surface area contributed by atoms with Crippen LogP contribution in [0.2, 0.25) is 0 Å². The van der Waals surface area contributed by atoms with Gasteiger partial charge in [0.25, 0.3) is 5.91 Å². The van der Waals surface area contributed by atoms with E-state index in [1.54, 1.807) is 18.3 Å². The summed E-state index contributed by atoms with van der Waals surface area (Å²) in [5.41, 5.74) is 4.45. The number of rotatable bonds is 6. The number of carbonyl (C=O) groups is 2. The molecule has 0 unspecified atom stereocenters. The average molecular weight is 459 g/mol. The third-order valence-electron chi connectivity index (χ3n) is 5.89. The van der Waals surface area contributed by atoms with E-state index in [1.807, 2.05) is 36.4 Å². The standard InChI is InChI=1S/C25H26N6O3/c32-22-15-18-16-27-25(30-23(18)20-3-1-2-4-21(20)29-22)28-19-7-5-17(6-8-19)24(33)26-9-10-31-11-13-34-14-12-31/h1-8,16H,9-15H2,(H,26,33)(H,29,32)(H,27,28,30). The first-order valence-electron chi connectivity index (χ1n) is 11.4. The summed E-state index contributed by atoms with van der Waals surface area (Å²) in [6, 6.07) is 14.8. The molecule has 1 saturated heterocycles. The number of ether oxygens (including phenoxy) is 1. The molecule has 9 heteroatoms. The summed E-state index contributed by atoms with van der Waals surface area (Å²) in [5.74, 6) is 0.231. The van der Waals surface area contributed by atoms with E-state index in [2.05, 4.69) is 30.8 Å². The number of fused-ring (bicyclic) bond motifs is 3. The van der Waals surface area contributed by atoms with E-state index in [4.69, 9.17) is 4.74 Å². The highest BCUT2D eigenvalue weighted by molar-refractivity contribution is 6.00. The van der Waals surface area contributed by atoms with Gasteiger partial charge in [0.05, 0.1) is 31.0 Å². The van der Waals surface area contributed by atoms with Crippen molar-refractivity contribution in [3.63, 3.8) is 0 Å². The number of anilines is 3. The highest BCUT2D eigenvalue weighted by Gasteiger charge is 2.20. The van der Waals surface area contributed by atoms with E-state index >= 15 is 0 Å². The molecule has 1 aromatic heterocycles. The van der Waals surface area contributed by atoms with Gasteiger partial charge in [-0.25, -0.2) is 9.97 Å². The van der Waals surface area contributed by atoms with Gasteiger partial charge in [0.15, 0.2) is 0 Å². The van der Waals surface area contributed by atoms with E-state index in [0.29, 0.717) is 18.1 Å². The van der Waals surface area contributed by atoms with E-state index in [1.165, 1.54) is 0 Å². The Balaban J connectivity index is 1.24. The molecule has 0 radical (unpaired) electrons. The molecule has 3 N–H and O–H groups in total. The van der Waals surface area contributed by atoms with Crippen molar-refractivity contribution in [1.82, 2.24) is 20.2 Å². The molecule has 34 heavy (non-hydrogen) atoms. The number of hydrogen-bond donors (Lipinski definition) is 3. The monoisotopic (exact) mass is 458 g/mol. The molecule has 0 aliphatic carbocycles. The maximum Gasteiger partial charge on any atom is 0.251 e. The predicted molar refractivity (Wildman–Crippen MR) is 129 cm³/mol. The minimum absolute atomic E-state index is 0.0886. The fourth-order valence-corrected chi connectivity index (χ4v) is 4.08. The zero-order chi connectivity index (χ0) is 23.3. The first-order valence-corrected chi connectivity index (χ1v) is 11.4. The Morgan fingerprint density at radius 3 is 2.71 bits per heavy atom. The number of aromatic nitrogens is 2. The van der Waals surface area contributed by atoms with Crippen molar-refractivity contribution in [3.05, 3.63) is 65.9 Å². The smallest absolute Gasteiger partial charge is 0.251 e. The summed E-state index contributed by atoms with van der Waals surface area (Å²) >= 11 is 0.